The average Bonchev–Trinajstić information content (AvgIpc) is 2.48. The fourth-order valence-electron chi connectivity index (χ4n) is 1.94. The summed E-state index contributed by atoms with van der Waals surface area (Å²) in [6.45, 7) is 1.95. The third-order valence-electron chi connectivity index (χ3n) is 2.96. The smallest absolute Gasteiger partial charge is 0.323 e. The molecule has 0 aromatic heterocycles. The minimum Gasteiger partial charge on any atom is -0.495 e. The van der Waals surface area contributed by atoms with E-state index >= 15 is 0 Å². The number of carbonyl (C=O) groups excluding carboxylic acids is 1. The summed E-state index contributed by atoms with van der Waals surface area (Å²) in [7, 11) is 3.12. The summed E-state index contributed by atoms with van der Waals surface area (Å²) in [6, 6.07) is 12.4. The van der Waals surface area contributed by atoms with Crippen molar-refractivity contribution in [1.29, 1.82) is 0 Å². The van der Waals surface area contributed by atoms with Crippen LogP contribution in [0.25, 0.3) is 0 Å². The summed E-state index contributed by atoms with van der Waals surface area (Å²) in [5.41, 5.74) is 2.25. The average molecular weight is 286 g/mol. The number of ether oxygens (including phenoxy) is 2. The normalized spacial score (nSPS) is 9.86. The maximum Gasteiger partial charge on any atom is 0.323 e. The lowest BCUT2D eigenvalue weighted by Crippen LogP contribution is -2.20. The molecule has 0 heterocycles. The topological polar surface area (TPSA) is 59.6 Å². The molecule has 110 valence electrons. The summed E-state index contributed by atoms with van der Waals surface area (Å²) in [5.74, 6) is 1.21. The van der Waals surface area contributed by atoms with Gasteiger partial charge in [0.05, 0.1) is 25.6 Å². The molecule has 2 N–H and O–H groups in total. The lowest BCUT2D eigenvalue weighted by Gasteiger charge is -2.13. The Morgan fingerprint density at radius 1 is 0.905 bits per heavy atom. The van der Waals surface area contributed by atoms with Crippen LogP contribution in [0.1, 0.15) is 5.56 Å². The number of aryl methyl sites for hydroxylation is 1. The van der Waals surface area contributed by atoms with E-state index in [-0.39, 0.29) is 6.03 Å². The molecule has 0 aliphatic carbocycles. The van der Waals surface area contributed by atoms with Gasteiger partial charge in [0.2, 0.25) is 0 Å². The molecule has 2 aromatic rings. The number of urea groups is 1. The van der Waals surface area contributed by atoms with Crippen molar-refractivity contribution in [2.45, 2.75) is 6.92 Å². The molecule has 0 fully saturated rings. The third kappa shape index (κ3) is 3.66. The van der Waals surface area contributed by atoms with Crippen LogP contribution in [0.15, 0.2) is 42.5 Å². The van der Waals surface area contributed by atoms with Crippen molar-refractivity contribution >= 4 is 17.4 Å². The van der Waals surface area contributed by atoms with Gasteiger partial charge in [-0.15, -0.1) is 0 Å². The van der Waals surface area contributed by atoms with Gasteiger partial charge in [0.15, 0.2) is 0 Å². The summed E-state index contributed by atoms with van der Waals surface area (Å²) in [6.07, 6.45) is 0. The Morgan fingerprint density at radius 2 is 1.52 bits per heavy atom. The molecule has 0 aliphatic heterocycles. The summed E-state index contributed by atoms with van der Waals surface area (Å²) in [5, 5.41) is 5.52. The number of carbonyl (C=O) groups is 1. The molecule has 0 unspecified atom stereocenters. The molecule has 0 bridgehead atoms. The van der Waals surface area contributed by atoms with Gasteiger partial charge in [0, 0.05) is 0 Å². The number of hydrogen-bond acceptors (Lipinski definition) is 3. The van der Waals surface area contributed by atoms with Crippen LogP contribution < -0.4 is 20.1 Å². The predicted octanol–water partition coefficient (Wildman–Crippen LogP) is 3.66. The van der Waals surface area contributed by atoms with E-state index < -0.39 is 0 Å². The van der Waals surface area contributed by atoms with Gasteiger partial charge in [-0.3, -0.25) is 0 Å². The van der Waals surface area contributed by atoms with Crippen LogP contribution in [-0.2, 0) is 0 Å². The zero-order valence-electron chi connectivity index (χ0n) is 12.3. The quantitative estimate of drug-likeness (QED) is 0.901. The van der Waals surface area contributed by atoms with E-state index in [9.17, 15) is 4.79 Å². The van der Waals surface area contributed by atoms with E-state index in [4.69, 9.17) is 9.47 Å². The van der Waals surface area contributed by atoms with E-state index in [0.29, 0.717) is 22.9 Å². The number of hydrogen-bond donors (Lipinski definition) is 2. The molecule has 0 atom stereocenters. The lowest BCUT2D eigenvalue weighted by atomic mass is 10.2. The Morgan fingerprint density at radius 3 is 2.24 bits per heavy atom. The fraction of sp³-hybridized carbons (Fsp3) is 0.188. The van der Waals surface area contributed by atoms with E-state index in [0.717, 1.165) is 5.56 Å². The first-order valence-corrected chi connectivity index (χ1v) is 6.49. The lowest BCUT2D eigenvalue weighted by molar-refractivity contribution is 0.262. The van der Waals surface area contributed by atoms with Gasteiger partial charge in [-0.25, -0.2) is 4.79 Å². The van der Waals surface area contributed by atoms with E-state index in [1.807, 2.05) is 37.3 Å². The second-order valence-electron chi connectivity index (χ2n) is 4.48. The Hall–Kier alpha value is -2.69. The highest BCUT2D eigenvalue weighted by Crippen LogP contribution is 2.26. The molecule has 5 heteroatoms. The molecule has 5 nitrogen and oxygen atoms in total. The maximum atomic E-state index is 12.1. The molecule has 2 amide bonds. The SMILES string of the molecule is COc1ccccc1NC(=O)Nc1cc(C)ccc1OC. The third-order valence-corrected chi connectivity index (χ3v) is 2.96. The number of nitrogens with one attached hydrogen (secondary N) is 2. The van der Waals surface area contributed by atoms with Crippen molar-refractivity contribution in [1.82, 2.24) is 0 Å². The molecular formula is C16H18N2O3. The van der Waals surface area contributed by atoms with Gasteiger partial charge in [0.1, 0.15) is 11.5 Å². The number of benzene rings is 2. The van der Waals surface area contributed by atoms with Crippen molar-refractivity contribution in [3.8, 4) is 11.5 Å². The first kappa shape index (κ1) is 14.7. The number of rotatable bonds is 4. The largest absolute Gasteiger partial charge is 0.495 e. The second-order valence-corrected chi connectivity index (χ2v) is 4.48. The first-order chi connectivity index (χ1) is 10.1. The van der Waals surface area contributed by atoms with Gasteiger partial charge in [-0.1, -0.05) is 18.2 Å². The highest BCUT2D eigenvalue weighted by atomic mass is 16.5. The van der Waals surface area contributed by atoms with Crippen molar-refractivity contribution < 1.29 is 14.3 Å². The monoisotopic (exact) mass is 286 g/mol. The number of anilines is 2. The Balaban J connectivity index is 2.13. The zero-order chi connectivity index (χ0) is 15.2. The van der Waals surface area contributed by atoms with E-state index in [1.165, 1.54) is 0 Å². The van der Waals surface area contributed by atoms with Gasteiger partial charge < -0.3 is 20.1 Å². The molecule has 0 saturated carbocycles. The summed E-state index contributed by atoms with van der Waals surface area (Å²) < 4.78 is 10.4. The molecule has 21 heavy (non-hydrogen) atoms. The Kier molecular flexibility index (Phi) is 4.66. The van der Waals surface area contributed by atoms with Gasteiger partial charge in [0.25, 0.3) is 0 Å². The maximum absolute atomic E-state index is 12.1. The van der Waals surface area contributed by atoms with Crippen molar-refractivity contribution in [2.75, 3.05) is 24.9 Å². The second kappa shape index (κ2) is 6.65. The molecule has 0 aliphatic rings. The molecule has 0 saturated heterocycles. The minimum absolute atomic E-state index is 0.358. The zero-order valence-corrected chi connectivity index (χ0v) is 12.3. The van der Waals surface area contributed by atoms with Crippen LogP contribution in [0.3, 0.4) is 0 Å². The summed E-state index contributed by atoms with van der Waals surface area (Å²) >= 11 is 0. The fourth-order valence-corrected chi connectivity index (χ4v) is 1.94. The van der Waals surface area contributed by atoms with Crippen LogP contribution in [0.5, 0.6) is 11.5 Å². The van der Waals surface area contributed by atoms with Crippen LogP contribution in [0.4, 0.5) is 16.2 Å². The molecule has 0 radical (unpaired) electrons. The van der Waals surface area contributed by atoms with E-state index in [2.05, 4.69) is 10.6 Å². The number of para-hydroxylation sites is 2. The minimum atomic E-state index is -0.358. The van der Waals surface area contributed by atoms with Gasteiger partial charge in [-0.05, 0) is 36.8 Å². The van der Waals surface area contributed by atoms with E-state index in [1.54, 1.807) is 26.4 Å². The molecule has 2 aromatic carbocycles. The number of methoxy groups -OCH3 is 2. The van der Waals surface area contributed by atoms with Gasteiger partial charge in [-0.2, -0.15) is 0 Å². The molecular weight excluding hydrogens is 268 g/mol. The Bertz CT molecular complexity index is 641. The highest BCUT2D eigenvalue weighted by Gasteiger charge is 2.10. The standard InChI is InChI=1S/C16H18N2O3/c1-11-8-9-15(21-3)13(10-11)18-16(19)17-12-6-4-5-7-14(12)20-2/h4-10H,1-3H3,(H2,17,18,19). The van der Waals surface area contributed by atoms with Crippen LogP contribution in [-0.4, -0.2) is 20.3 Å². The summed E-state index contributed by atoms with van der Waals surface area (Å²) in [4.78, 5) is 12.1. The molecule has 2 rings (SSSR count). The van der Waals surface area contributed by atoms with Crippen LogP contribution in [0.2, 0.25) is 0 Å². The van der Waals surface area contributed by atoms with Crippen molar-refractivity contribution in [3.05, 3.63) is 48.0 Å². The van der Waals surface area contributed by atoms with Crippen molar-refractivity contribution in [3.63, 3.8) is 0 Å². The molecule has 0 spiro atoms. The van der Waals surface area contributed by atoms with Crippen LogP contribution in [0, 0.1) is 6.92 Å². The number of amides is 2. The highest BCUT2D eigenvalue weighted by molar-refractivity contribution is 6.01. The van der Waals surface area contributed by atoms with Crippen molar-refractivity contribution in [2.24, 2.45) is 0 Å². The Labute approximate surface area is 123 Å². The van der Waals surface area contributed by atoms with Crippen LogP contribution >= 0.6 is 0 Å². The predicted molar refractivity (Wildman–Crippen MR) is 83.4 cm³/mol. The van der Waals surface area contributed by atoms with Gasteiger partial charge >= 0.3 is 6.03 Å². The first-order valence-electron chi connectivity index (χ1n) is 6.49.